The van der Waals surface area contributed by atoms with E-state index in [1.54, 1.807) is 34.6 Å². The molecule has 11 heteroatoms. The van der Waals surface area contributed by atoms with Crippen molar-refractivity contribution >= 4 is 29.7 Å². The van der Waals surface area contributed by atoms with Crippen LogP contribution < -0.4 is 0 Å². The Labute approximate surface area is 244 Å². The monoisotopic (exact) mass is 590 g/mol. The van der Waals surface area contributed by atoms with Crippen LogP contribution in [0.1, 0.15) is 67.2 Å². The topological polar surface area (TPSA) is 143 Å². The summed E-state index contributed by atoms with van der Waals surface area (Å²) in [7, 11) is 0. The molecular weight excluding hydrogens is 551 g/mol. The zero-order valence-corrected chi connectivity index (χ0v) is 24.9. The fraction of sp³-hybridized carbons (Fsp3) is 0.645. The standard InChI is InChI=1S/C31H39FO10/c1-7-25(36)40-16-24(35)31(42-26(37)8-2)17(4)12-19-20-14-22(41-27(38)39-9-3)21-13-18(33)10-11-28(21,5)30(20,32)23(34)15-29(19,31)6/h10-11,13-14,17,19-20,23,34H,7-9,12,15-16H2,1-6H3/t17-,19-,20-,23+,28-,29-,30-,31+/m0/s1. The van der Waals surface area contributed by atoms with E-state index < -0.39 is 82.2 Å². The van der Waals surface area contributed by atoms with Crippen molar-refractivity contribution in [3.8, 4) is 0 Å². The van der Waals surface area contributed by atoms with Crippen molar-refractivity contribution < 1.29 is 52.4 Å². The molecule has 230 valence electrons. The van der Waals surface area contributed by atoms with Crippen LogP contribution in [0.2, 0.25) is 0 Å². The second-order valence-corrected chi connectivity index (χ2v) is 12.0. The number of alkyl halides is 1. The molecule has 2 saturated carbocycles. The highest BCUT2D eigenvalue weighted by Gasteiger charge is 2.77. The fourth-order valence-corrected chi connectivity index (χ4v) is 7.88. The highest BCUT2D eigenvalue weighted by molar-refractivity contribution is 6.02. The molecule has 4 aliphatic carbocycles. The van der Waals surface area contributed by atoms with Gasteiger partial charge in [0.2, 0.25) is 5.78 Å². The van der Waals surface area contributed by atoms with Crippen molar-refractivity contribution in [3.05, 3.63) is 35.6 Å². The van der Waals surface area contributed by atoms with Gasteiger partial charge in [-0.1, -0.05) is 33.8 Å². The number of ether oxygens (including phenoxy) is 4. The van der Waals surface area contributed by atoms with E-state index in [9.17, 15) is 29.1 Å². The summed E-state index contributed by atoms with van der Waals surface area (Å²) < 4.78 is 39.4. The van der Waals surface area contributed by atoms with E-state index in [-0.39, 0.29) is 43.6 Å². The summed E-state index contributed by atoms with van der Waals surface area (Å²) in [6.45, 7) is 9.04. The number of ketones is 2. The van der Waals surface area contributed by atoms with Gasteiger partial charge in [-0.2, -0.15) is 0 Å². The molecule has 0 heterocycles. The molecule has 0 unspecified atom stereocenters. The molecule has 0 amide bonds. The van der Waals surface area contributed by atoms with E-state index >= 15 is 4.39 Å². The molecule has 0 aromatic rings. The minimum Gasteiger partial charge on any atom is -0.457 e. The number of hydrogen-bond acceptors (Lipinski definition) is 10. The van der Waals surface area contributed by atoms with E-state index in [2.05, 4.69) is 0 Å². The van der Waals surface area contributed by atoms with Crippen LogP contribution in [0.3, 0.4) is 0 Å². The number of aliphatic hydroxyl groups excluding tert-OH is 1. The Morgan fingerprint density at radius 3 is 2.36 bits per heavy atom. The number of carbonyl (C=O) groups excluding carboxylic acids is 5. The zero-order valence-electron chi connectivity index (χ0n) is 24.9. The molecule has 0 spiro atoms. The first kappa shape index (κ1) is 31.6. The van der Waals surface area contributed by atoms with Gasteiger partial charge in [-0.15, -0.1) is 0 Å². The summed E-state index contributed by atoms with van der Waals surface area (Å²) in [6, 6.07) is 0. The number of esters is 2. The number of fused-ring (bicyclic) bond motifs is 5. The Kier molecular flexibility index (Phi) is 8.32. The highest BCUT2D eigenvalue weighted by atomic mass is 19.1. The lowest BCUT2D eigenvalue weighted by Gasteiger charge is -2.61. The SMILES string of the molecule is CCOC(=O)OC1=C[C@H]2[C@@H]3C[C@H](C)[C@@](OC(=O)CC)(C(=O)COC(=O)CC)[C@@]3(C)C[C@@H](O)[C@]2(F)[C@@]2(C)C=CC(=O)C=C12. The number of halogens is 1. The number of hydrogen-bond donors (Lipinski definition) is 1. The number of rotatable bonds is 8. The smallest absolute Gasteiger partial charge is 0.457 e. The van der Waals surface area contributed by atoms with Crippen LogP contribution in [0.25, 0.3) is 0 Å². The molecule has 0 saturated heterocycles. The zero-order chi connectivity index (χ0) is 31.3. The van der Waals surface area contributed by atoms with Gasteiger partial charge in [-0.25, -0.2) is 9.18 Å². The van der Waals surface area contributed by atoms with E-state index in [1.165, 1.54) is 31.2 Å². The van der Waals surface area contributed by atoms with Crippen LogP contribution in [0.5, 0.6) is 0 Å². The van der Waals surface area contributed by atoms with Crippen molar-refractivity contribution in [3.63, 3.8) is 0 Å². The van der Waals surface area contributed by atoms with Crippen LogP contribution in [0, 0.1) is 28.6 Å². The number of allylic oxidation sites excluding steroid dienone is 5. The lowest BCUT2D eigenvalue weighted by Crippen LogP contribution is -2.69. The van der Waals surface area contributed by atoms with Gasteiger partial charge in [0, 0.05) is 35.7 Å². The average Bonchev–Trinajstić information content (AvgIpc) is 3.15. The minimum atomic E-state index is -2.40. The molecule has 0 aliphatic heterocycles. The van der Waals surface area contributed by atoms with E-state index in [0.717, 1.165) is 0 Å². The van der Waals surface area contributed by atoms with Crippen molar-refractivity contribution in [2.45, 2.75) is 84.6 Å². The molecule has 10 nitrogen and oxygen atoms in total. The van der Waals surface area contributed by atoms with Gasteiger partial charge in [-0.3, -0.25) is 19.2 Å². The molecule has 0 aromatic carbocycles. The van der Waals surface area contributed by atoms with Crippen molar-refractivity contribution in [1.29, 1.82) is 0 Å². The van der Waals surface area contributed by atoms with E-state index in [0.29, 0.717) is 0 Å². The quantitative estimate of drug-likeness (QED) is 0.324. The fourth-order valence-electron chi connectivity index (χ4n) is 7.88. The summed E-state index contributed by atoms with van der Waals surface area (Å²) in [4.78, 5) is 63.5. The largest absolute Gasteiger partial charge is 0.513 e. The lowest BCUT2D eigenvalue weighted by atomic mass is 9.46. The summed E-state index contributed by atoms with van der Waals surface area (Å²) >= 11 is 0. The maximum atomic E-state index is 17.8. The molecule has 4 rings (SSSR count). The van der Waals surface area contributed by atoms with Crippen LogP contribution in [0.4, 0.5) is 9.18 Å². The van der Waals surface area contributed by atoms with Gasteiger partial charge in [0.1, 0.15) is 5.76 Å². The third-order valence-corrected chi connectivity index (χ3v) is 9.89. The molecule has 8 atom stereocenters. The van der Waals surface area contributed by atoms with Crippen LogP contribution in [0.15, 0.2) is 35.6 Å². The Bertz CT molecular complexity index is 1280. The van der Waals surface area contributed by atoms with Crippen molar-refractivity contribution in [2.24, 2.45) is 28.6 Å². The molecule has 0 radical (unpaired) electrons. The molecule has 2 fully saturated rings. The molecule has 1 N–H and O–H groups in total. The summed E-state index contributed by atoms with van der Waals surface area (Å²) in [5.41, 5.74) is -7.07. The Morgan fingerprint density at radius 1 is 1.07 bits per heavy atom. The lowest BCUT2D eigenvalue weighted by molar-refractivity contribution is -0.219. The van der Waals surface area contributed by atoms with E-state index in [4.69, 9.17) is 18.9 Å². The molecular formula is C31H39FO10. The maximum absolute atomic E-state index is 17.8. The molecule has 0 aromatic heterocycles. The maximum Gasteiger partial charge on any atom is 0.513 e. The third kappa shape index (κ3) is 4.42. The first-order valence-electron chi connectivity index (χ1n) is 14.5. The first-order chi connectivity index (χ1) is 19.7. The summed E-state index contributed by atoms with van der Waals surface area (Å²) in [6.07, 6.45) is 2.33. The first-order valence-corrected chi connectivity index (χ1v) is 14.5. The van der Waals surface area contributed by atoms with Gasteiger partial charge in [0.15, 0.2) is 23.7 Å². The minimum absolute atomic E-state index is 0.0185. The Hall–Kier alpha value is -3.34. The van der Waals surface area contributed by atoms with Crippen molar-refractivity contribution in [2.75, 3.05) is 13.2 Å². The Balaban J connectivity index is 1.90. The van der Waals surface area contributed by atoms with Crippen LogP contribution in [-0.2, 0) is 38.1 Å². The summed E-state index contributed by atoms with van der Waals surface area (Å²) in [5, 5.41) is 11.7. The van der Waals surface area contributed by atoms with Crippen molar-refractivity contribution in [1.82, 2.24) is 0 Å². The second-order valence-electron chi connectivity index (χ2n) is 12.0. The number of carbonyl (C=O) groups is 5. The number of aliphatic hydroxyl groups is 1. The normalized spacial score (nSPS) is 38.2. The van der Waals surface area contributed by atoms with Gasteiger partial charge in [0.25, 0.3) is 0 Å². The molecule has 4 aliphatic rings. The highest BCUT2D eigenvalue weighted by Crippen LogP contribution is 2.71. The Morgan fingerprint density at radius 2 is 1.74 bits per heavy atom. The van der Waals surface area contributed by atoms with Gasteiger partial charge < -0.3 is 24.1 Å². The molecule has 42 heavy (non-hydrogen) atoms. The summed E-state index contributed by atoms with van der Waals surface area (Å²) in [5.74, 6) is -4.95. The predicted octanol–water partition coefficient (Wildman–Crippen LogP) is 4.09. The van der Waals surface area contributed by atoms with E-state index in [1.807, 2.05) is 0 Å². The predicted molar refractivity (Wildman–Crippen MR) is 145 cm³/mol. The van der Waals surface area contributed by atoms with Crippen LogP contribution in [-0.4, -0.2) is 65.4 Å². The average molecular weight is 591 g/mol. The van der Waals surface area contributed by atoms with Gasteiger partial charge >= 0.3 is 18.1 Å². The van der Waals surface area contributed by atoms with Gasteiger partial charge in [-0.05, 0) is 50.8 Å². The van der Waals surface area contributed by atoms with Gasteiger partial charge in [0.05, 0.1) is 18.1 Å². The third-order valence-electron chi connectivity index (χ3n) is 9.89. The second kappa shape index (κ2) is 11.1. The molecule has 0 bridgehead atoms. The number of Topliss-reactive ketones (excluding diaryl/α,β-unsaturated/α-hetero) is 1. The van der Waals surface area contributed by atoms with Crippen LogP contribution >= 0.6 is 0 Å².